The Hall–Kier alpha value is -4.19. The normalized spacial score (nSPS) is 10.6. The fourth-order valence-corrected chi connectivity index (χ4v) is 3.44. The summed E-state index contributed by atoms with van der Waals surface area (Å²) in [6.07, 6.45) is 0. The quantitative estimate of drug-likeness (QED) is 0.467. The van der Waals surface area contributed by atoms with Gasteiger partial charge >= 0.3 is 11.9 Å². The van der Waals surface area contributed by atoms with Crippen LogP contribution in [0.4, 0.5) is 0 Å². The van der Waals surface area contributed by atoms with Gasteiger partial charge in [-0.3, -0.25) is 0 Å². The number of hydrogen-bond acceptors (Lipinski definition) is 4. The molecule has 0 aliphatic carbocycles. The Kier molecular flexibility index (Phi) is 5.37. The molecule has 0 spiro atoms. The number of ether oxygens (including phenoxy) is 1. The number of aryl methyl sites for hydroxylation is 1. The van der Waals surface area contributed by atoms with Crippen LogP contribution in [0.2, 0.25) is 0 Å². The van der Waals surface area contributed by atoms with Crippen molar-refractivity contribution in [2.24, 2.45) is 0 Å². The van der Waals surface area contributed by atoms with Gasteiger partial charge in [0, 0.05) is 11.1 Å². The van der Waals surface area contributed by atoms with Gasteiger partial charge in [0.25, 0.3) is 0 Å². The van der Waals surface area contributed by atoms with Gasteiger partial charge in [-0.25, -0.2) is 14.3 Å². The average Bonchev–Trinajstić information content (AvgIpc) is 3.21. The van der Waals surface area contributed by atoms with Gasteiger partial charge < -0.3 is 9.84 Å². The van der Waals surface area contributed by atoms with E-state index in [2.05, 4.69) is 0 Å². The Balaban J connectivity index is 1.97. The minimum atomic E-state index is -1.08. The van der Waals surface area contributed by atoms with Crippen molar-refractivity contribution >= 4 is 11.9 Å². The maximum absolute atomic E-state index is 12.4. The molecule has 0 amide bonds. The largest absolute Gasteiger partial charge is 0.478 e. The first-order valence-electron chi connectivity index (χ1n) is 9.67. The van der Waals surface area contributed by atoms with Crippen molar-refractivity contribution in [2.75, 3.05) is 7.11 Å². The molecule has 3 aromatic carbocycles. The highest BCUT2D eigenvalue weighted by Crippen LogP contribution is 2.34. The molecule has 6 heteroatoms. The molecule has 1 heterocycles. The number of aromatic nitrogens is 2. The van der Waals surface area contributed by atoms with E-state index < -0.39 is 11.9 Å². The molecule has 1 N–H and O–H groups in total. The predicted octanol–water partition coefficient (Wildman–Crippen LogP) is 5.00. The fourth-order valence-electron chi connectivity index (χ4n) is 3.44. The van der Waals surface area contributed by atoms with Gasteiger partial charge in [0.15, 0.2) is 0 Å². The van der Waals surface area contributed by atoms with E-state index >= 15 is 0 Å². The number of carbonyl (C=O) groups excluding carboxylic acids is 1. The molecule has 0 radical (unpaired) electrons. The third kappa shape index (κ3) is 3.83. The van der Waals surface area contributed by atoms with Gasteiger partial charge in [-0.15, -0.1) is 0 Å². The number of benzene rings is 3. The topological polar surface area (TPSA) is 81.4 Å². The third-order valence-electron chi connectivity index (χ3n) is 5.00. The number of hydrogen-bond donors (Lipinski definition) is 1. The van der Waals surface area contributed by atoms with Gasteiger partial charge in [0.1, 0.15) is 11.3 Å². The Bertz CT molecular complexity index is 1240. The van der Waals surface area contributed by atoms with Crippen LogP contribution in [0.15, 0.2) is 78.9 Å². The smallest absolute Gasteiger partial charge is 0.340 e. The van der Waals surface area contributed by atoms with Crippen molar-refractivity contribution in [1.82, 2.24) is 9.78 Å². The van der Waals surface area contributed by atoms with Gasteiger partial charge in [0.05, 0.1) is 24.1 Å². The van der Waals surface area contributed by atoms with Crippen molar-refractivity contribution in [3.8, 4) is 28.2 Å². The second-order valence-corrected chi connectivity index (χ2v) is 7.06. The van der Waals surface area contributed by atoms with Crippen LogP contribution in [0.5, 0.6) is 0 Å². The number of carboxylic acids is 1. The summed E-state index contributed by atoms with van der Waals surface area (Å²) in [5.41, 5.74) is 4.46. The first-order chi connectivity index (χ1) is 15.0. The maximum atomic E-state index is 12.4. The molecule has 0 aliphatic rings. The third-order valence-corrected chi connectivity index (χ3v) is 5.00. The summed E-state index contributed by atoms with van der Waals surface area (Å²) in [5, 5.41) is 14.8. The Labute approximate surface area is 179 Å². The number of rotatable bonds is 5. The van der Waals surface area contributed by atoms with Crippen molar-refractivity contribution in [1.29, 1.82) is 0 Å². The van der Waals surface area contributed by atoms with E-state index in [1.165, 1.54) is 7.11 Å². The summed E-state index contributed by atoms with van der Waals surface area (Å²) in [5.74, 6) is -1.54. The molecule has 6 nitrogen and oxygen atoms in total. The zero-order chi connectivity index (χ0) is 22.0. The number of methoxy groups -OCH3 is 1. The molecule has 31 heavy (non-hydrogen) atoms. The number of carboxylic acid groups (broad SMARTS) is 1. The van der Waals surface area contributed by atoms with Crippen LogP contribution in [0.1, 0.15) is 26.3 Å². The molecule has 4 aromatic rings. The first-order valence-corrected chi connectivity index (χ1v) is 9.67. The van der Waals surface area contributed by atoms with Crippen LogP contribution in [0.3, 0.4) is 0 Å². The second-order valence-electron chi connectivity index (χ2n) is 7.06. The first kappa shape index (κ1) is 20.1. The molecule has 1 aromatic heterocycles. The van der Waals surface area contributed by atoms with Crippen LogP contribution in [0.25, 0.3) is 28.2 Å². The van der Waals surface area contributed by atoms with E-state index in [4.69, 9.17) is 9.84 Å². The Morgan fingerprint density at radius 1 is 0.871 bits per heavy atom. The van der Waals surface area contributed by atoms with Crippen molar-refractivity contribution in [3.63, 3.8) is 0 Å². The van der Waals surface area contributed by atoms with E-state index in [0.717, 1.165) is 16.8 Å². The van der Waals surface area contributed by atoms with E-state index in [9.17, 15) is 14.7 Å². The molecule has 0 aliphatic heterocycles. The Morgan fingerprint density at radius 2 is 1.52 bits per heavy atom. The number of carbonyl (C=O) groups is 2. The van der Waals surface area contributed by atoms with Crippen LogP contribution in [-0.2, 0) is 4.74 Å². The summed E-state index contributed by atoms with van der Waals surface area (Å²) < 4.78 is 6.39. The molecular formula is C25H20N2O4. The molecule has 0 saturated heterocycles. The van der Waals surface area contributed by atoms with Gasteiger partial charge in [-0.05, 0) is 31.2 Å². The number of esters is 1. The zero-order valence-electron chi connectivity index (χ0n) is 17.1. The summed E-state index contributed by atoms with van der Waals surface area (Å²) in [6, 6.07) is 23.6. The van der Waals surface area contributed by atoms with Crippen LogP contribution in [0, 0.1) is 6.92 Å². The zero-order valence-corrected chi connectivity index (χ0v) is 17.1. The highest BCUT2D eigenvalue weighted by Gasteiger charge is 2.26. The maximum Gasteiger partial charge on any atom is 0.340 e. The van der Waals surface area contributed by atoms with Crippen molar-refractivity contribution in [3.05, 3.63) is 95.6 Å². The molecule has 4 rings (SSSR count). The van der Waals surface area contributed by atoms with E-state index in [1.54, 1.807) is 28.9 Å². The summed E-state index contributed by atoms with van der Waals surface area (Å²) in [6.45, 7) is 1.99. The summed E-state index contributed by atoms with van der Waals surface area (Å²) in [4.78, 5) is 24.1. The van der Waals surface area contributed by atoms with Crippen molar-refractivity contribution < 1.29 is 19.4 Å². The fraction of sp³-hybridized carbons (Fsp3) is 0.0800. The lowest BCUT2D eigenvalue weighted by Gasteiger charge is -2.09. The lowest BCUT2D eigenvalue weighted by atomic mass is 10.0. The second kappa shape index (κ2) is 8.28. The highest BCUT2D eigenvalue weighted by molar-refractivity contribution is 6.02. The molecule has 0 saturated carbocycles. The van der Waals surface area contributed by atoms with E-state index in [-0.39, 0.29) is 5.56 Å². The van der Waals surface area contributed by atoms with E-state index in [0.29, 0.717) is 22.5 Å². The minimum absolute atomic E-state index is 0.0950. The van der Waals surface area contributed by atoms with Crippen LogP contribution < -0.4 is 0 Å². The number of nitrogens with zero attached hydrogens (tertiary/aromatic N) is 2. The predicted molar refractivity (Wildman–Crippen MR) is 117 cm³/mol. The molecule has 0 bridgehead atoms. The van der Waals surface area contributed by atoms with Gasteiger partial charge in [-0.1, -0.05) is 60.2 Å². The molecule has 0 fully saturated rings. The summed E-state index contributed by atoms with van der Waals surface area (Å²) >= 11 is 0. The lowest BCUT2D eigenvalue weighted by Crippen LogP contribution is -2.03. The SMILES string of the molecule is COC(=O)c1ccc(-c2nn(-c3ccc(C)cc3)c(-c3ccccc3)c2C(=O)O)cc1. The van der Waals surface area contributed by atoms with Crippen LogP contribution >= 0.6 is 0 Å². The highest BCUT2D eigenvalue weighted by atomic mass is 16.5. The lowest BCUT2D eigenvalue weighted by molar-refractivity contribution is 0.0599. The monoisotopic (exact) mass is 412 g/mol. The molecule has 154 valence electrons. The van der Waals surface area contributed by atoms with Crippen molar-refractivity contribution in [2.45, 2.75) is 6.92 Å². The molecule has 0 unspecified atom stereocenters. The van der Waals surface area contributed by atoms with Gasteiger partial charge in [-0.2, -0.15) is 5.10 Å². The standard InChI is InChI=1S/C25H20N2O4/c1-16-8-14-20(15-9-16)27-23(18-6-4-3-5-7-18)21(24(28)29)22(26-27)17-10-12-19(13-11-17)25(30)31-2/h3-15H,1-2H3,(H,28,29). The molecular weight excluding hydrogens is 392 g/mol. The Morgan fingerprint density at radius 3 is 2.10 bits per heavy atom. The minimum Gasteiger partial charge on any atom is -0.478 e. The van der Waals surface area contributed by atoms with Gasteiger partial charge in [0.2, 0.25) is 0 Å². The molecule has 0 atom stereocenters. The van der Waals surface area contributed by atoms with Crippen LogP contribution in [-0.4, -0.2) is 33.9 Å². The summed E-state index contributed by atoms with van der Waals surface area (Å²) in [7, 11) is 1.31. The van der Waals surface area contributed by atoms with E-state index in [1.807, 2.05) is 61.5 Å². The average molecular weight is 412 g/mol. The number of aromatic carboxylic acids is 1.